The fourth-order valence-electron chi connectivity index (χ4n) is 1.04. The second-order valence-corrected chi connectivity index (χ2v) is 3.46. The molecular formula is C9H12BrNO. The molecule has 0 aliphatic carbocycles. The molecule has 1 aromatic rings. The number of nitrogens with two attached hydrogens (primary N) is 1. The van der Waals surface area contributed by atoms with E-state index in [2.05, 4.69) is 15.9 Å². The summed E-state index contributed by atoms with van der Waals surface area (Å²) >= 11 is 3.42. The number of halogens is 1. The molecule has 0 spiro atoms. The molecule has 0 bridgehead atoms. The quantitative estimate of drug-likeness (QED) is 0.825. The molecule has 3 N–H and O–H groups in total. The molecule has 0 saturated heterocycles. The Balaban J connectivity index is 2.86. The lowest BCUT2D eigenvalue weighted by Gasteiger charge is -2.03. The number of benzene rings is 1. The predicted octanol–water partition coefficient (Wildman–Crippen LogP) is 1.44. The van der Waals surface area contributed by atoms with Crippen LogP contribution in [0, 0.1) is 0 Å². The summed E-state index contributed by atoms with van der Waals surface area (Å²) in [5, 5.41) is 8.70. The van der Waals surface area contributed by atoms with E-state index in [1.807, 2.05) is 18.2 Å². The van der Waals surface area contributed by atoms with Crippen molar-refractivity contribution in [3.8, 4) is 0 Å². The van der Waals surface area contributed by atoms with Gasteiger partial charge in [-0.05, 0) is 23.6 Å². The highest BCUT2D eigenvalue weighted by atomic mass is 79.9. The Bertz CT molecular complexity index is 263. The summed E-state index contributed by atoms with van der Waals surface area (Å²) in [6.07, 6.45) is 0.698. The van der Waals surface area contributed by atoms with Crippen LogP contribution in [0.3, 0.4) is 0 Å². The number of hydrogen-bond donors (Lipinski definition) is 2. The van der Waals surface area contributed by atoms with Gasteiger partial charge in [0, 0.05) is 17.6 Å². The minimum Gasteiger partial charge on any atom is -0.396 e. The summed E-state index contributed by atoms with van der Waals surface area (Å²) in [6.45, 7) is 0.731. The molecule has 0 radical (unpaired) electrons. The first-order valence-electron chi connectivity index (χ1n) is 3.86. The molecule has 0 aliphatic heterocycles. The summed E-state index contributed by atoms with van der Waals surface area (Å²) in [4.78, 5) is 0. The van der Waals surface area contributed by atoms with Crippen molar-refractivity contribution in [1.82, 2.24) is 0 Å². The van der Waals surface area contributed by atoms with E-state index in [4.69, 9.17) is 10.8 Å². The van der Waals surface area contributed by atoms with Crippen LogP contribution >= 0.6 is 15.9 Å². The van der Waals surface area contributed by atoms with Crippen molar-refractivity contribution in [3.63, 3.8) is 0 Å². The van der Waals surface area contributed by atoms with E-state index >= 15 is 0 Å². The first kappa shape index (κ1) is 9.71. The lowest BCUT2D eigenvalue weighted by Crippen LogP contribution is -1.98. The molecule has 1 aromatic carbocycles. The van der Waals surface area contributed by atoms with Crippen LogP contribution in [0.25, 0.3) is 0 Å². The Morgan fingerprint density at radius 2 is 2.17 bits per heavy atom. The van der Waals surface area contributed by atoms with Crippen LogP contribution in [0.4, 0.5) is 0 Å². The topological polar surface area (TPSA) is 46.2 Å². The first-order chi connectivity index (χ1) is 5.77. The SMILES string of the molecule is NCc1ccc(CCO)cc1Br. The van der Waals surface area contributed by atoms with Gasteiger partial charge in [0.2, 0.25) is 0 Å². The third-order valence-corrected chi connectivity index (χ3v) is 2.48. The lowest BCUT2D eigenvalue weighted by atomic mass is 10.1. The maximum absolute atomic E-state index is 8.70. The molecule has 3 heteroatoms. The van der Waals surface area contributed by atoms with Crippen LogP contribution in [-0.4, -0.2) is 11.7 Å². The van der Waals surface area contributed by atoms with Crippen molar-refractivity contribution >= 4 is 15.9 Å². The monoisotopic (exact) mass is 229 g/mol. The molecule has 66 valence electrons. The van der Waals surface area contributed by atoms with Gasteiger partial charge in [0.1, 0.15) is 0 Å². The normalized spacial score (nSPS) is 10.2. The van der Waals surface area contributed by atoms with E-state index < -0.39 is 0 Å². The minimum absolute atomic E-state index is 0.189. The largest absolute Gasteiger partial charge is 0.396 e. The third-order valence-electron chi connectivity index (χ3n) is 1.74. The average molecular weight is 230 g/mol. The summed E-state index contributed by atoms with van der Waals surface area (Å²) < 4.78 is 1.02. The molecule has 12 heavy (non-hydrogen) atoms. The van der Waals surface area contributed by atoms with Gasteiger partial charge < -0.3 is 10.8 Å². The maximum Gasteiger partial charge on any atom is 0.0471 e. The summed E-state index contributed by atoms with van der Waals surface area (Å²) in [7, 11) is 0. The highest BCUT2D eigenvalue weighted by Crippen LogP contribution is 2.18. The van der Waals surface area contributed by atoms with E-state index in [-0.39, 0.29) is 6.61 Å². The zero-order chi connectivity index (χ0) is 8.97. The molecule has 2 nitrogen and oxygen atoms in total. The highest BCUT2D eigenvalue weighted by molar-refractivity contribution is 9.10. The number of aliphatic hydroxyl groups excluding tert-OH is 1. The molecule has 0 saturated carbocycles. The Labute approximate surface area is 80.5 Å². The fourth-order valence-corrected chi connectivity index (χ4v) is 1.63. The van der Waals surface area contributed by atoms with Gasteiger partial charge in [-0.25, -0.2) is 0 Å². The second kappa shape index (κ2) is 4.60. The van der Waals surface area contributed by atoms with E-state index in [9.17, 15) is 0 Å². The standard InChI is InChI=1S/C9H12BrNO/c10-9-5-7(3-4-12)1-2-8(9)6-11/h1-2,5,12H,3-4,6,11H2. The number of rotatable bonds is 3. The second-order valence-electron chi connectivity index (χ2n) is 2.60. The number of hydrogen-bond acceptors (Lipinski definition) is 2. The van der Waals surface area contributed by atoms with Gasteiger partial charge in [0.05, 0.1) is 0 Å². The first-order valence-corrected chi connectivity index (χ1v) is 4.65. The van der Waals surface area contributed by atoms with Gasteiger partial charge in [0.25, 0.3) is 0 Å². The summed E-state index contributed by atoms with van der Waals surface area (Å²) in [5.74, 6) is 0. The van der Waals surface area contributed by atoms with Crippen LogP contribution in [-0.2, 0) is 13.0 Å². The van der Waals surface area contributed by atoms with Crippen molar-refractivity contribution < 1.29 is 5.11 Å². The molecule has 0 fully saturated rings. The van der Waals surface area contributed by atoms with E-state index in [0.717, 1.165) is 15.6 Å². The van der Waals surface area contributed by atoms with E-state index in [1.54, 1.807) is 0 Å². The molecule has 1 rings (SSSR count). The number of aliphatic hydroxyl groups is 1. The van der Waals surface area contributed by atoms with Crippen molar-refractivity contribution in [2.24, 2.45) is 5.73 Å². The smallest absolute Gasteiger partial charge is 0.0471 e. The molecule has 0 aromatic heterocycles. The van der Waals surface area contributed by atoms with Crippen LogP contribution < -0.4 is 5.73 Å². The lowest BCUT2D eigenvalue weighted by molar-refractivity contribution is 0.299. The van der Waals surface area contributed by atoms with Gasteiger partial charge in [0.15, 0.2) is 0 Å². The van der Waals surface area contributed by atoms with Crippen LogP contribution in [0.1, 0.15) is 11.1 Å². The Kier molecular flexibility index (Phi) is 3.72. The van der Waals surface area contributed by atoms with Crippen molar-refractivity contribution in [3.05, 3.63) is 33.8 Å². The summed E-state index contributed by atoms with van der Waals surface area (Å²) in [6, 6.07) is 5.97. The Morgan fingerprint density at radius 3 is 2.67 bits per heavy atom. The Morgan fingerprint density at radius 1 is 1.42 bits per heavy atom. The Hall–Kier alpha value is -0.380. The van der Waals surface area contributed by atoms with Gasteiger partial charge in [-0.2, -0.15) is 0 Å². The zero-order valence-corrected chi connectivity index (χ0v) is 8.34. The van der Waals surface area contributed by atoms with Gasteiger partial charge in [-0.15, -0.1) is 0 Å². The van der Waals surface area contributed by atoms with E-state index in [1.165, 1.54) is 0 Å². The van der Waals surface area contributed by atoms with Gasteiger partial charge >= 0.3 is 0 Å². The van der Waals surface area contributed by atoms with Crippen LogP contribution in [0.2, 0.25) is 0 Å². The van der Waals surface area contributed by atoms with Crippen LogP contribution in [0.5, 0.6) is 0 Å². The van der Waals surface area contributed by atoms with Gasteiger partial charge in [-0.3, -0.25) is 0 Å². The zero-order valence-electron chi connectivity index (χ0n) is 6.76. The van der Waals surface area contributed by atoms with Gasteiger partial charge in [-0.1, -0.05) is 28.1 Å². The third kappa shape index (κ3) is 2.30. The molecule has 0 heterocycles. The maximum atomic E-state index is 8.70. The molecule has 0 amide bonds. The fraction of sp³-hybridized carbons (Fsp3) is 0.333. The summed E-state index contributed by atoms with van der Waals surface area (Å²) in [5.41, 5.74) is 7.72. The molecule has 0 aliphatic rings. The molecule has 0 unspecified atom stereocenters. The average Bonchev–Trinajstić information content (AvgIpc) is 2.05. The highest BCUT2D eigenvalue weighted by Gasteiger charge is 1.98. The van der Waals surface area contributed by atoms with Crippen molar-refractivity contribution in [2.45, 2.75) is 13.0 Å². The minimum atomic E-state index is 0.189. The van der Waals surface area contributed by atoms with Crippen molar-refractivity contribution in [1.29, 1.82) is 0 Å². The molecular weight excluding hydrogens is 218 g/mol. The van der Waals surface area contributed by atoms with E-state index in [0.29, 0.717) is 13.0 Å². The molecule has 0 atom stereocenters. The van der Waals surface area contributed by atoms with Crippen molar-refractivity contribution in [2.75, 3.05) is 6.61 Å². The van der Waals surface area contributed by atoms with Crippen LogP contribution in [0.15, 0.2) is 22.7 Å². The predicted molar refractivity (Wildman–Crippen MR) is 52.8 cm³/mol.